The number of Topliss-reactive ketones (excluding diaryl/α,β-unsaturated/α-hetero) is 1. The van der Waals surface area contributed by atoms with Gasteiger partial charge in [-0.15, -0.1) is 0 Å². The van der Waals surface area contributed by atoms with Crippen LogP contribution < -0.4 is 5.73 Å². The Kier molecular flexibility index (Phi) is 2.42. The summed E-state index contributed by atoms with van der Waals surface area (Å²) in [5.41, 5.74) is 8.31. The number of fused-ring (bicyclic) bond motifs is 1. The van der Waals surface area contributed by atoms with Crippen molar-refractivity contribution in [2.75, 3.05) is 6.54 Å². The van der Waals surface area contributed by atoms with E-state index in [-0.39, 0.29) is 12.3 Å². The van der Waals surface area contributed by atoms with Crippen LogP contribution in [-0.4, -0.2) is 32.3 Å². The standard InChI is InChI=1S/C12H11N5O/c13-3-10(18)11-7-1-2-14-4-8(7)17-12(11)9-5-15-6-16-9/h1-2,4-6,17H,3,13H2,(H,15,16). The molecule has 0 unspecified atom stereocenters. The summed E-state index contributed by atoms with van der Waals surface area (Å²) in [4.78, 5) is 26.1. The highest BCUT2D eigenvalue weighted by atomic mass is 16.1. The van der Waals surface area contributed by atoms with Crippen molar-refractivity contribution in [3.05, 3.63) is 36.5 Å². The van der Waals surface area contributed by atoms with Crippen molar-refractivity contribution in [2.45, 2.75) is 0 Å². The number of carbonyl (C=O) groups excluding carboxylic acids is 1. The number of rotatable bonds is 3. The Hall–Kier alpha value is -2.47. The molecule has 3 rings (SSSR count). The molecule has 0 atom stereocenters. The molecule has 6 heteroatoms. The van der Waals surface area contributed by atoms with E-state index in [1.165, 1.54) is 0 Å². The molecule has 4 N–H and O–H groups in total. The Labute approximate surface area is 102 Å². The van der Waals surface area contributed by atoms with Crippen LogP contribution in [0, 0.1) is 0 Å². The Balaban J connectivity index is 2.33. The second kappa shape index (κ2) is 4.08. The fraction of sp³-hybridized carbons (Fsp3) is 0.0833. The van der Waals surface area contributed by atoms with Gasteiger partial charge in [0.1, 0.15) is 0 Å². The van der Waals surface area contributed by atoms with E-state index in [4.69, 9.17) is 5.73 Å². The quantitative estimate of drug-likeness (QED) is 0.597. The molecule has 90 valence electrons. The van der Waals surface area contributed by atoms with E-state index in [1.54, 1.807) is 31.0 Å². The maximum absolute atomic E-state index is 12.0. The summed E-state index contributed by atoms with van der Waals surface area (Å²) in [6, 6.07) is 1.80. The average Bonchev–Trinajstić information content (AvgIpc) is 3.04. The highest BCUT2D eigenvalue weighted by molar-refractivity contribution is 6.13. The lowest BCUT2D eigenvalue weighted by Gasteiger charge is -1.99. The number of aromatic nitrogens is 4. The van der Waals surface area contributed by atoms with Crippen molar-refractivity contribution in [2.24, 2.45) is 5.73 Å². The first-order chi connectivity index (χ1) is 8.81. The number of nitrogens with one attached hydrogen (secondary N) is 2. The second-order valence-electron chi connectivity index (χ2n) is 3.89. The van der Waals surface area contributed by atoms with Crippen molar-refractivity contribution >= 4 is 16.7 Å². The maximum atomic E-state index is 12.0. The first-order valence-electron chi connectivity index (χ1n) is 5.49. The lowest BCUT2D eigenvalue weighted by atomic mass is 10.1. The maximum Gasteiger partial charge on any atom is 0.179 e. The number of aromatic amines is 2. The van der Waals surface area contributed by atoms with Crippen molar-refractivity contribution in [3.63, 3.8) is 0 Å². The van der Waals surface area contributed by atoms with E-state index in [2.05, 4.69) is 19.9 Å². The summed E-state index contributed by atoms with van der Waals surface area (Å²) >= 11 is 0. The van der Waals surface area contributed by atoms with Crippen molar-refractivity contribution in [3.8, 4) is 11.4 Å². The zero-order chi connectivity index (χ0) is 12.5. The third-order valence-corrected chi connectivity index (χ3v) is 2.83. The monoisotopic (exact) mass is 241 g/mol. The molecule has 0 radical (unpaired) electrons. The summed E-state index contributed by atoms with van der Waals surface area (Å²) in [7, 11) is 0. The topological polar surface area (TPSA) is 100 Å². The van der Waals surface area contributed by atoms with Gasteiger partial charge in [0.2, 0.25) is 0 Å². The Bertz CT molecular complexity index is 698. The summed E-state index contributed by atoms with van der Waals surface area (Å²) in [6.07, 6.45) is 6.56. The van der Waals surface area contributed by atoms with Gasteiger partial charge in [-0.25, -0.2) is 4.98 Å². The molecule has 0 fully saturated rings. The largest absolute Gasteiger partial charge is 0.351 e. The number of hydrogen-bond donors (Lipinski definition) is 3. The number of pyridine rings is 1. The predicted octanol–water partition coefficient (Wildman–Crippen LogP) is 1.09. The predicted molar refractivity (Wildman–Crippen MR) is 67.1 cm³/mol. The third-order valence-electron chi connectivity index (χ3n) is 2.83. The van der Waals surface area contributed by atoms with Gasteiger partial charge in [-0.1, -0.05) is 0 Å². The number of ketones is 1. The van der Waals surface area contributed by atoms with Crippen LogP contribution >= 0.6 is 0 Å². The normalized spacial score (nSPS) is 10.9. The van der Waals surface area contributed by atoms with Crippen LogP contribution in [-0.2, 0) is 0 Å². The second-order valence-corrected chi connectivity index (χ2v) is 3.89. The molecule has 0 amide bonds. The van der Waals surface area contributed by atoms with Gasteiger partial charge < -0.3 is 15.7 Å². The zero-order valence-electron chi connectivity index (χ0n) is 9.47. The first kappa shape index (κ1) is 10.7. The third kappa shape index (κ3) is 1.51. The lowest BCUT2D eigenvalue weighted by molar-refractivity contribution is 0.100. The molecule has 3 aromatic heterocycles. The number of nitrogens with zero attached hydrogens (tertiary/aromatic N) is 2. The Morgan fingerprint density at radius 1 is 1.33 bits per heavy atom. The molecule has 0 bridgehead atoms. The van der Waals surface area contributed by atoms with Crippen LogP contribution in [0.1, 0.15) is 10.4 Å². The SMILES string of the molecule is NCC(=O)c1c(-c2cnc[nH]2)[nH]c2cnccc12. The smallest absolute Gasteiger partial charge is 0.179 e. The molecule has 3 heterocycles. The summed E-state index contributed by atoms with van der Waals surface area (Å²) in [6.45, 7) is -0.0313. The molecule has 0 spiro atoms. The minimum absolute atomic E-state index is 0.0313. The first-order valence-corrected chi connectivity index (χ1v) is 5.49. The van der Waals surface area contributed by atoms with E-state index in [1.807, 2.05) is 0 Å². The van der Waals surface area contributed by atoms with Crippen LogP contribution in [0.4, 0.5) is 0 Å². The number of nitrogens with two attached hydrogens (primary N) is 1. The van der Waals surface area contributed by atoms with Gasteiger partial charge in [-0.2, -0.15) is 0 Å². The van der Waals surface area contributed by atoms with E-state index in [0.717, 1.165) is 16.6 Å². The Morgan fingerprint density at radius 3 is 2.94 bits per heavy atom. The molecule has 3 aromatic rings. The van der Waals surface area contributed by atoms with E-state index >= 15 is 0 Å². The van der Waals surface area contributed by atoms with Crippen molar-refractivity contribution in [1.82, 2.24) is 19.9 Å². The van der Waals surface area contributed by atoms with Gasteiger partial charge in [0.05, 0.1) is 47.7 Å². The average molecular weight is 241 g/mol. The molecule has 0 aromatic carbocycles. The lowest BCUT2D eigenvalue weighted by Crippen LogP contribution is -2.14. The Morgan fingerprint density at radius 2 is 2.22 bits per heavy atom. The summed E-state index contributed by atoms with van der Waals surface area (Å²) < 4.78 is 0. The molecule has 6 nitrogen and oxygen atoms in total. The number of hydrogen-bond acceptors (Lipinski definition) is 4. The van der Waals surface area contributed by atoms with Gasteiger partial charge in [-0.3, -0.25) is 9.78 Å². The zero-order valence-corrected chi connectivity index (χ0v) is 9.47. The number of H-pyrrole nitrogens is 2. The van der Waals surface area contributed by atoms with Crippen LogP contribution in [0.3, 0.4) is 0 Å². The van der Waals surface area contributed by atoms with Crippen LogP contribution in [0.15, 0.2) is 31.0 Å². The molecule has 0 aliphatic heterocycles. The fourth-order valence-corrected chi connectivity index (χ4v) is 2.03. The highest BCUT2D eigenvalue weighted by Crippen LogP contribution is 2.28. The van der Waals surface area contributed by atoms with Gasteiger partial charge in [0.25, 0.3) is 0 Å². The molecule has 0 aliphatic carbocycles. The molecule has 0 saturated carbocycles. The molecule has 0 aliphatic rings. The fourth-order valence-electron chi connectivity index (χ4n) is 2.03. The van der Waals surface area contributed by atoms with Crippen LogP contribution in [0.5, 0.6) is 0 Å². The summed E-state index contributed by atoms with van der Waals surface area (Å²) in [5, 5.41) is 0.824. The van der Waals surface area contributed by atoms with Crippen molar-refractivity contribution < 1.29 is 4.79 Å². The van der Waals surface area contributed by atoms with Gasteiger partial charge in [0, 0.05) is 11.6 Å². The molecule has 18 heavy (non-hydrogen) atoms. The minimum Gasteiger partial charge on any atom is -0.351 e. The van der Waals surface area contributed by atoms with Crippen molar-refractivity contribution in [1.29, 1.82) is 0 Å². The number of carbonyl (C=O) groups is 1. The van der Waals surface area contributed by atoms with Gasteiger partial charge >= 0.3 is 0 Å². The van der Waals surface area contributed by atoms with E-state index < -0.39 is 0 Å². The molecule has 0 saturated heterocycles. The van der Waals surface area contributed by atoms with Gasteiger partial charge in [-0.05, 0) is 6.07 Å². The summed E-state index contributed by atoms with van der Waals surface area (Å²) in [5.74, 6) is -0.114. The van der Waals surface area contributed by atoms with E-state index in [0.29, 0.717) is 11.3 Å². The van der Waals surface area contributed by atoms with Crippen LogP contribution in [0.2, 0.25) is 0 Å². The minimum atomic E-state index is -0.114. The molecular weight excluding hydrogens is 230 g/mol. The molecular formula is C12H11N5O. The van der Waals surface area contributed by atoms with Crippen LogP contribution in [0.25, 0.3) is 22.3 Å². The highest BCUT2D eigenvalue weighted by Gasteiger charge is 2.19. The number of imidazole rings is 1. The van der Waals surface area contributed by atoms with Gasteiger partial charge in [0.15, 0.2) is 5.78 Å². The van der Waals surface area contributed by atoms with E-state index in [9.17, 15) is 4.79 Å².